The van der Waals surface area contributed by atoms with Crippen LogP contribution >= 0.6 is 0 Å². The Bertz CT molecular complexity index is 512. The highest BCUT2D eigenvalue weighted by Gasteiger charge is 2.11. The van der Waals surface area contributed by atoms with Gasteiger partial charge in [0, 0.05) is 12.7 Å². The molecular weight excluding hydrogens is 322 g/mol. The molecule has 1 rings (SSSR count). The lowest BCUT2D eigenvalue weighted by Gasteiger charge is -2.18. The van der Waals surface area contributed by atoms with Gasteiger partial charge in [0.05, 0.1) is 0 Å². The molecule has 2 N–H and O–H groups in total. The van der Waals surface area contributed by atoms with E-state index in [4.69, 9.17) is 5.73 Å². The van der Waals surface area contributed by atoms with Gasteiger partial charge < -0.3 is 5.73 Å². The Hall–Kier alpha value is -1.32. The van der Waals surface area contributed by atoms with E-state index in [9.17, 15) is 4.79 Å². The van der Waals surface area contributed by atoms with Gasteiger partial charge in [-0.3, -0.25) is 4.57 Å². The van der Waals surface area contributed by atoms with Crippen LogP contribution in [0.1, 0.15) is 104 Å². The average molecular weight is 364 g/mol. The Morgan fingerprint density at radius 3 is 1.88 bits per heavy atom. The van der Waals surface area contributed by atoms with E-state index < -0.39 is 0 Å². The standard InChI is InChI=1S/C22H41N3O/c1-3-5-7-9-10-12-14-16-20(15-13-11-8-6-4-2)19-25-18-17-21(23)24-22(25)26/h17-18,20H,3-16,19H2,1-2H3,(H2,23,24,26). The molecule has 0 aromatic carbocycles. The van der Waals surface area contributed by atoms with Gasteiger partial charge in [-0.25, -0.2) is 4.79 Å². The lowest BCUT2D eigenvalue weighted by molar-refractivity contribution is 0.351. The Balaban J connectivity index is 2.40. The second kappa shape index (κ2) is 14.8. The molecule has 1 aromatic rings. The van der Waals surface area contributed by atoms with Crippen LogP contribution in [0.2, 0.25) is 0 Å². The normalized spacial score (nSPS) is 12.4. The van der Waals surface area contributed by atoms with Crippen LogP contribution in [0.5, 0.6) is 0 Å². The van der Waals surface area contributed by atoms with Crippen molar-refractivity contribution < 1.29 is 0 Å². The van der Waals surface area contributed by atoms with E-state index in [-0.39, 0.29) is 5.69 Å². The Labute approximate surface area is 160 Å². The molecule has 0 saturated carbocycles. The fourth-order valence-corrected chi connectivity index (χ4v) is 3.61. The van der Waals surface area contributed by atoms with Crippen molar-refractivity contribution in [1.82, 2.24) is 9.55 Å². The van der Waals surface area contributed by atoms with Crippen LogP contribution in [-0.2, 0) is 6.54 Å². The maximum atomic E-state index is 12.0. The number of unbranched alkanes of at least 4 members (excludes halogenated alkanes) is 10. The van der Waals surface area contributed by atoms with E-state index >= 15 is 0 Å². The summed E-state index contributed by atoms with van der Waals surface area (Å²) in [5.74, 6) is 0.893. The van der Waals surface area contributed by atoms with Crippen molar-refractivity contribution in [2.75, 3.05) is 5.73 Å². The molecule has 1 aromatic heterocycles. The van der Waals surface area contributed by atoms with Crippen molar-refractivity contribution in [3.05, 3.63) is 22.7 Å². The van der Waals surface area contributed by atoms with E-state index in [1.165, 1.54) is 89.9 Å². The molecular formula is C22H41N3O. The van der Waals surface area contributed by atoms with Gasteiger partial charge in [-0.05, 0) is 24.8 Å². The maximum absolute atomic E-state index is 12.0. The molecule has 4 nitrogen and oxygen atoms in total. The van der Waals surface area contributed by atoms with E-state index in [0.717, 1.165) is 6.54 Å². The summed E-state index contributed by atoms with van der Waals surface area (Å²) in [7, 11) is 0. The summed E-state index contributed by atoms with van der Waals surface area (Å²) < 4.78 is 1.74. The molecule has 0 radical (unpaired) electrons. The summed E-state index contributed by atoms with van der Waals surface area (Å²) >= 11 is 0. The molecule has 0 aliphatic heterocycles. The topological polar surface area (TPSA) is 60.9 Å². The molecule has 26 heavy (non-hydrogen) atoms. The number of anilines is 1. The highest BCUT2D eigenvalue weighted by molar-refractivity contribution is 5.23. The van der Waals surface area contributed by atoms with E-state index in [0.29, 0.717) is 11.7 Å². The van der Waals surface area contributed by atoms with Crippen molar-refractivity contribution in [3.8, 4) is 0 Å². The SMILES string of the molecule is CCCCCCCCCC(CCCCCCC)Cn1ccc(N)nc1=O. The molecule has 0 amide bonds. The maximum Gasteiger partial charge on any atom is 0.349 e. The van der Waals surface area contributed by atoms with Gasteiger partial charge in [-0.1, -0.05) is 90.9 Å². The molecule has 0 spiro atoms. The van der Waals surface area contributed by atoms with Gasteiger partial charge in [0.15, 0.2) is 0 Å². The van der Waals surface area contributed by atoms with Gasteiger partial charge in [-0.2, -0.15) is 4.98 Å². The molecule has 0 bridgehead atoms. The summed E-state index contributed by atoms with van der Waals surface area (Å²) in [6.07, 6.45) is 20.2. The molecule has 150 valence electrons. The van der Waals surface area contributed by atoms with Gasteiger partial charge in [-0.15, -0.1) is 0 Å². The molecule has 1 heterocycles. The molecule has 1 unspecified atom stereocenters. The number of nitrogens with zero attached hydrogens (tertiary/aromatic N) is 2. The third kappa shape index (κ3) is 10.6. The molecule has 0 aliphatic carbocycles. The van der Waals surface area contributed by atoms with Crippen molar-refractivity contribution in [1.29, 1.82) is 0 Å². The predicted octanol–water partition coefficient (Wildman–Crippen LogP) is 5.94. The zero-order valence-corrected chi connectivity index (χ0v) is 17.2. The second-order valence-corrected chi connectivity index (χ2v) is 7.77. The lowest BCUT2D eigenvalue weighted by Crippen LogP contribution is -2.26. The second-order valence-electron chi connectivity index (χ2n) is 7.77. The van der Waals surface area contributed by atoms with E-state index in [2.05, 4.69) is 18.8 Å². The van der Waals surface area contributed by atoms with Crippen LogP contribution in [0, 0.1) is 5.92 Å². The lowest BCUT2D eigenvalue weighted by atomic mass is 9.94. The fraction of sp³-hybridized carbons (Fsp3) is 0.818. The van der Waals surface area contributed by atoms with E-state index in [1.54, 1.807) is 16.8 Å². The molecule has 0 aliphatic rings. The zero-order chi connectivity index (χ0) is 19.0. The first-order valence-electron chi connectivity index (χ1n) is 11.0. The van der Waals surface area contributed by atoms with Crippen molar-refractivity contribution >= 4 is 5.82 Å². The number of rotatable bonds is 16. The predicted molar refractivity (Wildman–Crippen MR) is 112 cm³/mol. The Morgan fingerprint density at radius 1 is 0.885 bits per heavy atom. The summed E-state index contributed by atoms with van der Waals surface area (Å²) in [6.45, 7) is 5.30. The van der Waals surface area contributed by atoms with Gasteiger partial charge in [0.2, 0.25) is 0 Å². The van der Waals surface area contributed by atoms with Gasteiger partial charge in [0.1, 0.15) is 5.82 Å². The zero-order valence-electron chi connectivity index (χ0n) is 17.2. The first-order chi connectivity index (χ1) is 12.7. The van der Waals surface area contributed by atoms with Crippen molar-refractivity contribution in [2.45, 2.75) is 110 Å². The number of hydrogen-bond donors (Lipinski definition) is 1. The first-order valence-corrected chi connectivity index (χ1v) is 11.0. The summed E-state index contributed by atoms with van der Waals surface area (Å²) in [4.78, 5) is 15.9. The number of aromatic nitrogens is 2. The minimum Gasteiger partial charge on any atom is -0.383 e. The molecule has 0 saturated heterocycles. The van der Waals surface area contributed by atoms with Crippen LogP contribution in [0.4, 0.5) is 5.82 Å². The van der Waals surface area contributed by atoms with Gasteiger partial charge >= 0.3 is 5.69 Å². The van der Waals surface area contributed by atoms with Crippen LogP contribution in [-0.4, -0.2) is 9.55 Å². The Kier molecular flexibility index (Phi) is 12.9. The summed E-state index contributed by atoms with van der Waals surface area (Å²) in [6, 6.07) is 1.73. The quantitative estimate of drug-likeness (QED) is 0.369. The summed E-state index contributed by atoms with van der Waals surface area (Å²) in [5, 5.41) is 0. The molecule has 0 fully saturated rings. The van der Waals surface area contributed by atoms with Crippen LogP contribution < -0.4 is 11.4 Å². The Morgan fingerprint density at radius 2 is 1.38 bits per heavy atom. The number of hydrogen-bond acceptors (Lipinski definition) is 3. The van der Waals surface area contributed by atoms with Crippen LogP contribution in [0.3, 0.4) is 0 Å². The number of nitrogen functional groups attached to an aromatic ring is 1. The smallest absolute Gasteiger partial charge is 0.349 e. The minimum absolute atomic E-state index is 0.208. The van der Waals surface area contributed by atoms with Crippen LogP contribution in [0.25, 0.3) is 0 Å². The van der Waals surface area contributed by atoms with Gasteiger partial charge in [0.25, 0.3) is 0 Å². The summed E-state index contributed by atoms with van der Waals surface area (Å²) in [5.41, 5.74) is 5.40. The first kappa shape index (κ1) is 22.7. The minimum atomic E-state index is -0.208. The highest BCUT2D eigenvalue weighted by atomic mass is 16.1. The molecule has 1 atom stereocenters. The third-order valence-electron chi connectivity index (χ3n) is 5.28. The monoisotopic (exact) mass is 363 g/mol. The molecule has 4 heteroatoms. The largest absolute Gasteiger partial charge is 0.383 e. The van der Waals surface area contributed by atoms with Crippen molar-refractivity contribution in [2.24, 2.45) is 5.92 Å². The third-order valence-corrected chi connectivity index (χ3v) is 5.28. The van der Waals surface area contributed by atoms with Crippen molar-refractivity contribution in [3.63, 3.8) is 0 Å². The fourth-order valence-electron chi connectivity index (χ4n) is 3.61. The number of nitrogens with two attached hydrogens (primary N) is 1. The average Bonchev–Trinajstić information content (AvgIpc) is 2.62. The van der Waals surface area contributed by atoms with Crippen LogP contribution in [0.15, 0.2) is 17.1 Å². The highest BCUT2D eigenvalue weighted by Crippen LogP contribution is 2.20. The van der Waals surface area contributed by atoms with E-state index in [1.807, 2.05) is 0 Å².